The molecule has 2 rings (SSSR count). The molecule has 168 valence electrons. The van der Waals surface area contributed by atoms with Gasteiger partial charge < -0.3 is 20.7 Å². The summed E-state index contributed by atoms with van der Waals surface area (Å²) in [6.07, 6.45) is -2.80. The van der Waals surface area contributed by atoms with Crippen LogP contribution in [0.5, 0.6) is 0 Å². The van der Waals surface area contributed by atoms with Crippen LogP contribution in [0.4, 0.5) is 20.2 Å². The summed E-state index contributed by atoms with van der Waals surface area (Å²) in [5.41, 5.74) is 5.89. The highest BCUT2D eigenvalue weighted by molar-refractivity contribution is 5.97. The molecule has 1 atom stereocenters. The van der Waals surface area contributed by atoms with Gasteiger partial charge in [-0.15, -0.1) is 0 Å². The summed E-state index contributed by atoms with van der Waals surface area (Å²) in [6.45, 7) is 9.92. The van der Waals surface area contributed by atoms with Crippen molar-refractivity contribution >= 4 is 23.2 Å². The maximum absolute atomic E-state index is 13.7. The predicted octanol–water partition coefficient (Wildman–Crippen LogP) is 2.62. The van der Waals surface area contributed by atoms with Crippen molar-refractivity contribution in [3.63, 3.8) is 0 Å². The average Bonchev–Trinajstić information content (AvgIpc) is 2.67. The van der Waals surface area contributed by atoms with E-state index in [-0.39, 0.29) is 60.5 Å². The molecule has 9 heteroatoms. The number of halogens is 2. The Morgan fingerprint density at radius 2 is 2.07 bits per heavy atom. The second-order valence-electron chi connectivity index (χ2n) is 8.54. The Labute approximate surface area is 176 Å². The number of anilines is 2. The number of nitrogens with two attached hydrogens (primary N) is 1. The highest BCUT2D eigenvalue weighted by atomic mass is 19.3. The molecule has 7 nitrogen and oxygen atoms in total. The van der Waals surface area contributed by atoms with E-state index in [1.54, 1.807) is 0 Å². The summed E-state index contributed by atoms with van der Waals surface area (Å²) in [4.78, 5) is 28.2. The first-order valence-electron chi connectivity index (χ1n) is 10.1. The zero-order valence-corrected chi connectivity index (χ0v) is 18.1. The number of rotatable bonds is 8. The van der Waals surface area contributed by atoms with Crippen LogP contribution in [0.15, 0.2) is 18.2 Å². The molecule has 0 radical (unpaired) electrons. The second-order valence-corrected chi connectivity index (χ2v) is 8.54. The number of amides is 2. The number of morpholine rings is 1. The van der Waals surface area contributed by atoms with Gasteiger partial charge in [0.25, 0.3) is 12.3 Å². The molecule has 30 heavy (non-hydrogen) atoms. The van der Waals surface area contributed by atoms with Gasteiger partial charge in [0.2, 0.25) is 5.91 Å². The molecule has 0 aromatic heterocycles. The van der Waals surface area contributed by atoms with Gasteiger partial charge >= 0.3 is 0 Å². The Hall–Kier alpha value is -2.10. The van der Waals surface area contributed by atoms with Gasteiger partial charge in [0.1, 0.15) is 12.6 Å². The van der Waals surface area contributed by atoms with Crippen LogP contribution in [0.25, 0.3) is 0 Å². The van der Waals surface area contributed by atoms with E-state index in [9.17, 15) is 18.4 Å². The molecule has 0 saturated carbocycles. The Bertz CT molecular complexity index is 752. The number of carbonyl (C=O) groups excluding carboxylic acids is 2. The smallest absolute Gasteiger partial charge is 0.265 e. The van der Waals surface area contributed by atoms with Crippen molar-refractivity contribution in [3.8, 4) is 0 Å². The van der Waals surface area contributed by atoms with E-state index in [1.807, 2.05) is 11.8 Å². The van der Waals surface area contributed by atoms with E-state index in [2.05, 4.69) is 26.1 Å². The normalized spacial score (nSPS) is 16.3. The molecule has 2 amide bonds. The molecule has 0 unspecified atom stereocenters. The van der Waals surface area contributed by atoms with E-state index in [4.69, 9.17) is 10.5 Å². The first kappa shape index (κ1) is 24.2. The van der Waals surface area contributed by atoms with Crippen molar-refractivity contribution < 1.29 is 23.1 Å². The monoisotopic (exact) mass is 426 g/mol. The number of nitrogens with zero attached hydrogens (tertiary/aromatic N) is 2. The number of ether oxygens (including phenoxy) is 1. The molecule has 1 aliphatic heterocycles. The fraction of sp³-hybridized carbons (Fsp3) is 0.619. The molecule has 1 heterocycles. The third kappa shape index (κ3) is 6.20. The van der Waals surface area contributed by atoms with Gasteiger partial charge in [-0.25, -0.2) is 8.78 Å². The summed E-state index contributed by atoms with van der Waals surface area (Å²) < 4.78 is 32.5. The number of likely N-dealkylation sites (N-methyl/N-ethyl adjacent to an activating group) is 1. The number of hydrogen-bond donors (Lipinski definition) is 2. The Kier molecular flexibility index (Phi) is 8.28. The van der Waals surface area contributed by atoms with Gasteiger partial charge in [-0.1, -0.05) is 27.7 Å². The lowest BCUT2D eigenvalue weighted by molar-refractivity contribution is -0.125. The van der Waals surface area contributed by atoms with E-state index in [0.29, 0.717) is 13.1 Å². The standard InChI is InChI=1S/C21H32F2N4O3/c1-5-26(13-21(2,3)4)17(11-24)20(29)25-14-6-7-16(15(10-14)19(22)23)27-8-9-30-12-18(27)28/h6-7,10,17,19H,5,8-9,11-13,24H2,1-4H3,(H,25,29)/t17-/m0/s1. The molecule has 1 aliphatic rings. The lowest BCUT2D eigenvalue weighted by atomic mass is 9.95. The number of alkyl halides is 2. The van der Waals surface area contributed by atoms with Gasteiger partial charge in [-0.05, 0) is 30.2 Å². The summed E-state index contributed by atoms with van der Waals surface area (Å²) >= 11 is 0. The number of benzene rings is 1. The minimum atomic E-state index is -2.80. The van der Waals surface area contributed by atoms with E-state index < -0.39 is 12.5 Å². The molecule has 1 saturated heterocycles. The van der Waals surface area contributed by atoms with Crippen LogP contribution in [0, 0.1) is 5.41 Å². The molecule has 1 aromatic carbocycles. The topological polar surface area (TPSA) is 87.9 Å². The first-order chi connectivity index (χ1) is 14.1. The van der Waals surface area contributed by atoms with Crippen molar-refractivity contribution in [1.82, 2.24) is 4.90 Å². The van der Waals surface area contributed by atoms with Crippen LogP contribution >= 0.6 is 0 Å². The summed E-state index contributed by atoms with van der Waals surface area (Å²) in [5, 5.41) is 2.71. The van der Waals surface area contributed by atoms with Crippen molar-refractivity contribution in [2.24, 2.45) is 11.1 Å². The maximum atomic E-state index is 13.7. The highest BCUT2D eigenvalue weighted by Crippen LogP contribution is 2.33. The van der Waals surface area contributed by atoms with Crippen LogP contribution < -0.4 is 16.0 Å². The molecule has 0 bridgehead atoms. The Morgan fingerprint density at radius 1 is 1.37 bits per heavy atom. The largest absolute Gasteiger partial charge is 0.370 e. The summed E-state index contributed by atoms with van der Waals surface area (Å²) in [7, 11) is 0. The average molecular weight is 427 g/mol. The molecule has 1 aromatic rings. The fourth-order valence-corrected chi connectivity index (χ4v) is 3.52. The number of carbonyl (C=O) groups is 2. The molecular weight excluding hydrogens is 394 g/mol. The molecule has 0 aliphatic carbocycles. The number of nitrogens with one attached hydrogen (secondary N) is 1. The van der Waals surface area contributed by atoms with Crippen molar-refractivity contribution in [1.29, 1.82) is 0 Å². The predicted molar refractivity (Wildman–Crippen MR) is 113 cm³/mol. The SMILES string of the molecule is CCN(CC(C)(C)C)[C@@H](CN)C(=O)Nc1ccc(N2CCOCC2=O)c(C(F)F)c1. The minimum absolute atomic E-state index is 0.0289. The molecule has 3 N–H and O–H groups in total. The van der Waals surface area contributed by atoms with Gasteiger partial charge in [0, 0.05) is 30.9 Å². The minimum Gasteiger partial charge on any atom is -0.370 e. The maximum Gasteiger partial charge on any atom is 0.265 e. The van der Waals surface area contributed by atoms with Gasteiger partial charge in [0.15, 0.2) is 0 Å². The van der Waals surface area contributed by atoms with Crippen LogP contribution in [0.2, 0.25) is 0 Å². The quantitative estimate of drug-likeness (QED) is 0.667. The summed E-state index contributed by atoms with van der Waals surface area (Å²) in [6, 6.07) is 3.60. The Morgan fingerprint density at radius 3 is 2.60 bits per heavy atom. The van der Waals surface area contributed by atoms with Gasteiger partial charge in [0.05, 0.1) is 12.3 Å². The molecule has 0 spiro atoms. The zero-order valence-electron chi connectivity index (χ0n) is 18.1. The first-order valence-corrected chi connectivity index (χ1v) is 10.1. The molecular formula is C21H32F2N4O3. The lowest BCUT2D eigenvalue weighted by Gasteiger charge is -2.34. The van der Waals surface area contributed by atoms with Crippen molar-refractivity contribution in [2.75, 3.05) is 49.6 Å². The lowest BCUT2D eigenvalue weighted by Crippen LogP contribution is -2.51. The van der Waals surface area contributed by atoms with Crippen molar-refractivity contribution in [2.45, 2.75) is 40.2 Å². The van der Waals surface area contributed by atoms with Crippen LogP contribution in [-0.4, -0.2) is 62.1 Å². The van der Waals surface area contributed by atoms with E-state index >= 15 is 0 Å². The number of hydrogen-bond acceptors (Lipinski definition) is 5. The zero-order chi connectivity index (χ0) is 22.5. The van der Waals surface area contributed by atoms with Crippen LogP contribution in [-0.2, 0) is 14.3 Å². The van der Waals surface area contributed by atoms with Gasteiger partial charge in [-0.2, -0.15) is 0 Å². The fourth-order valence-electron chi connectivity index (χ4n) is 3.52. The van der Waals surface area contributed by atoms with Crippen LogP contribution in [0.3, 0.4) is 0 Å². The van der Waals surface area contributed by atoms with E-state index in [0.717, 1.165) is 0 Å². The third-order valence-corrected chi connectivity index (χ3v) is 4.86. The Balaban J connectivity index is 2.23. The van der Waals surface area contributed by atoms with E-state index in [1.165, 1.54) is 23.1 Å². The van der Waals surface area contributed by atoms with Gasteiger partial charge in [-0.3, -0.25) is 14.5 Å². The second kappa shape index (κ2) is 10.3. The highest BCUT2D eigenvalue weighted by Gasteiger charge is 2.29. The molecule has 1 fully saturated rings. The summed E-state index contributed by atoms with van der Waals surface area (Å²) in [5.74, 6) is -0.720. The van der Waals surface area contributed by atoms with Crippen molar-refractivity contribution in [3.05, 3.63) is 23.8 Å². The third-order valence-electron chi connectivity index (χ3n) is 4.86. The van der Waals surface area contributed by atoms with Crippen LogP contribution in [0.1, 0.15) is 39.7 Å².